The molecule has 0 aromatic carbocycles. The van der Waals surface area contributed by atoms with Crippen molar-refractivity contribution in [2.75, 3.05) is 7.11 Å². The molecule has 0 aliphatic rings. The van der Waals surface area contributed by atoms with Gasteiger partial charge in [-0.15, -0.1) is 11.6 Å². The molecule has 7 heteroatoms. The fraction of sp³-hybridized carbons (Fsp3) is 0.333. The predicted molar refractivity (Wildman–Crippen MR) is 57.8 cm³/mol. The van der Waals surface area contributed by atoms with Gasteiger partial charge in [0.15, 0.2) is 0 Å². The molecule has 0 radical (unpaired) electrons. The highest BCUT2D eigenvalue weighted by Crippen LogP contribution is 2.31. The van der Waals surface area contributed by atoms with Crippen LogP contribution in [0.15, 0.2) is 10.7 Å². The van der Waals surface area contributed by atoms with E-state index in [1.165, 1.54) is 0 Å². The normalized spacial score (nSPS) is 10.6. The average molecular weight is 315 g/mol. The first kappa shape index (κ1) is 13.3. The molecule has 0 bridgehead atoms. The van der Waals surface area contributed by atoms with Crippen LogP contribution in [0.3, 0.4) is 0 Å². The van der Waals surface area contributed by atoms with Gasteiger partial charge in [-0.2, -0.15) is 0 Å². The molecular formula is C9H7BrClF2NO2. The Kier molecular flexibility index (Phi) is 4.61. The maximum absolute atomic E-state index is 12.6. The van der Waals surface area contributed by atoms with E-state index in [-0.39, 0.29) is 15.9 Å². The van der Waals surface area contributed by atoms with E-state index in [4.69, 9.17) is 11.6 Å². The highest BCUT2D eigenvalue weighted by Gasteiger charge is 2.24. The van der Waals surface area contributed by atoms with E-state index in [9.17, 15) is 13.6 Å². The number of carbonyl (C=O) groups is 1. The van der Waals surface area contributed by atoms with E-state index in [2.05, 4.69) is 25.7 Å². The van der Waals surface area contributed by atoms with Gasteiger partial charge in [0.25, 0.3) is 6.43 Å². The molecule has 1 rings (SSSR count). The third-order valence-electron chi connectivity index (χ3n) is 1.87. The van der Waals surface area contributed by atoms with E-state index in [0.717, 1.165) is 13.3 Å². The second-order valence-electron chi connectivity index (χ2n) is 2.78. The van der Waals surface area contributed by atoms with Crippen molar-refractivity contribution >= 4 is 33.5 Å². The van der Waals surface area contributed by atoms with Gasteiger partial charge in [0.05, 0.1) is 34.3 Å². The van der Waals surface area contributed by atoms with Crippen LogP contribution in [0.4, 0.5) is 8.78 Å². The molecule has 0 N–H and O–H groups in total. The largest absolute Gasteiger partial charge is 0.465 e. The number of aromatic nitrogens is 1. The van der Waals surface area contributed by atoms with Gasteiger partial charge in [-0.1, -0.05) is 0 Å². The molecule has 1 aromatic rings. The molecule has 0 amide bonds. The van der Waals surface area contributed by atoms with Crippen LogP contribution in [0.1, 0.15) is 28.0 Å². The van der Waals surface area contributed by atoms with Crippen molar-refractivity contribution in [3.63, 3.8) is 0 Å². The monoisotopic (exact) mass is 313 g/mol. The number of nitrogens with zero attached hydrogens (tertiary/aromatic N) is 1. The van der Waals surface area contributed by atoms with E-state index in [0.29, 0.717) is 5.69 Å². The number of carbonyl (C=O) groups excluding carboxylic acids is 1. The van der Waals surface area contributed by atoms with Crippen molar-refractivity contribution in [1.29, 1.82) is 0 Å². The van der Waals surface area contributed by atoms with Gasteiger partial charge in [-0.05, 0) is 15.9 Å². The molecule has 1 aromatic heterocycles. The molecule has 0 aliphatic carbocycles. The zero-order chi connectivity index (χ0) is 12.3. The highest BCUT2D eigenvalue weighted by atomic mass is 79.9. The fourth-order valence-corrected chi connectivity index (χ4v) is 2.11. The van der Waals surface area contributed by atoms with E-state index < -0.39 is 18.0 Å². The number of alkyl halides is 3. The Morgan fingerprint density at radius 3 is 2.75 bits per heavy atom. The van der Waals surface area contributed by atoms with Gasteiger partial charge in [0.1, 0.15) is 0 Å². The SMILES string of the molecule is COC(=O)c1c(C(F)F)cnc(CCl)c1Br. The molecule has 0 saturated heterocycles. The van der Waals surface area contributed by atoms with Crippen LogP contribution in [0.5, 0.6) is 0 Å². The first-order valence-electron chi connectivity index (χ1n) is 4.12. The minimum atomic E-state index is -2.80. The Morgan fingerprint density at radius 2 is 2.31 bits per heavy atom. The number of rotatable bonds is 3. The van der Waals surface area contributed by atoms with Crippen molar-refractivity contribution in [1.82, 2.24) is 4.98 Å². The highest BCUT2D eigenvalue weighted by molar-refractivity contribution is 9.10. The molecule has 0 saturated carbocycles. The number of hydrogen-bond acceptors (Lipinski definition) is 3. The Hall–Kier alpha value is -0.750. The Morgan fingerprint density at radius 1 is 1.69 bits per heavy atom. The van der Waals surface area contributed by atoms with Crippen LogP contribution in [-0.2, 0) is 10.6 Å². The molecular weight excluding hydrogens is 307 g/mol. The average Bonchev–Trinajstić information content (AvgIpc) is 2.27. The number of esters is 1. The minimum absolute atomic E-state index is 0.00803. The Bertz CT molecular complexity index is 415. The molecule has 0 fully saturated rings. The minimum Gasteiger partial charge on any atom is -0.465 e. The van der Waals surface area contributed by atoms with Crippen LogP contribution >= 0.6 is 27.5 Å². The number of methoxy groups -OCH3 is 1. The summed E-state index contributed by atoms with van der Waals surface area (Å²) in [5.41, 5.74) is -0.401. The summed E-state index contributed by atoms with van der Waals surface area (Å²) in [5, 5.41) is 0. The summed E-state index contributed by atoms with van der Waals surface area (Å²) in [6.45, 7) is 0. The van der Waals surface area contributed by atoms with Crippen LogP contribution in [0, 0.1) is 0 Å². The zero-order valence-electron chi connectivity index (χ0n) is 8.14. The van der Waals surface area contributed by atoms with Crippen molar-refractivity contribution in [2.24, 2.45) is 0 Å². The van der Waals surface area contributed by atoms with Crippen LogP contribution in [0.2, 0.25) is 0 Å². The number of hydrogen-bond donors (Lipinski definition) is 0. The van der Waals surface area contributed by atoms with Gasteiger partial charge in [-0.25, -0.2) is 13.6 Å². The van der Waals surface area contributed by atoms with Gasteiger partial charge in [-0.3, -0.25) is 4.98 Å². The zero-order valence-corrected chi connectivity index (χ0v) is 10.5. The van der Waals surface area contributed by atoms with Crippen molar-refractivity contribution in [2.45, 2.75) is 12.3 Å². The topological polar surface area (TPSA) is 39.2 Å². The van der Waals surface area contributed by atoms with E-state index in [1.807, 2.05) is 0 Å². The smallest absolute Gasteiger partial charge is 0.339 e. The molecule has 88 valence electrons. The maximum Gasteiger partial charge on any atom is 0.339 e. The van der Waals surface area contributed by atoms with E-state index >= 15 is 0 Å². The Labute approximate surface area is 104 Å². The number of halogens is 4. The lowest BCUT2D eigenvalue weighted by molar-refractivity contribution is 0.0587. The molecule has 0 atom stereocenters. The molecule has 0 unspecified atom stereocenters. The standard InChI is InChI=1S/C9H7BrClF2NO2/c1-16-9(15)6-4(8(12)13)3-14-5(2-11)7(6)10/h3,8H,2H2,1H3. The third kappa shape index (κ3) is 2.49. The molecule has 3 nitrogen and oxygen atoms in total. The molecule has 16 heavy (non-hydrogen) atoms. The Balaban J connectivity index is 3.42. The van der Waals surface area contributed by atoms with Gasteiger partial charge in [0.2, 0.25) is 0 Å². The molecule has 1 heterocycles. The fourth-order valence-electron chi connectivity index (χ4n) is 1.11. The third-order valence-corrected chi connectivity index (χ3v) is 2.98. The van der Waals surface area contributed by atoms with Crippen molar-refractivity contribution < 1.29 is 18.3 Å². The van der Waals surface area contributed by atoms with E-state index in [1.54, 1.807) is 0 Å². The first-order valence-corrected chi connectivity index (χ1v) is 5.45. The van der Waals surface area contributed by atoms with Gasteiger partial charge < -0.3 is 4.74 Å². The lowest BCUT2D eigenvalue weighted by Gasteiger charge is -2.10. The van der Waals surface area contributed by atoms with Crippen molar-refractivity contribution in [3.8, 4) is 0 Å². The van der Waals surface area contributed by atoms with Crippen LogP contribution < -0.4 is 0 Å². The number of ether oxygens (including phenoxy) is 1. The lowest BCUT2D eigenvalue weighted by atomic mass is 10.1. The first-order chi connectivity index (χ1) is 7.52. The second-order valence-corrected chi connectivity index (χ2v) is 3.84. The van der Waals surface area contributed by atoms with Crippen LogP contribution in [-0.4, -0.2) is 18.1 Å². The second kappa shape index (κ2) is 5.54. The van der Waals surface area contributed by atoms with Crippen molar-refractivity contribution in [3.05, 3.63) is 27.5 Å². The summed E-state index contributed by atoms with van der Waals surface area (Å²) in [6, 6.07) is 0. The summed E-state index contributed by atoms with van der Waals surface area (Å²) in [5.74, 6) is -0.843. The summed E-state index contributed by atoms with van der Waals surface area (Å²) >= 11 is 8.57. The summed E-state index contributed by atoms with van der Waals surface area (Å²) in [4.78, 5) is 15.1. The number of pyridine rings is 1. The van der Waals surface area contributed by atoms with Gasteiger partial charge in [0, 0.05) is 6.20 Å². The lowest BCUT2D eigenvalue weighted by Crippen LogP contribution is -2.10. The summed E-state index contributed by atoms with van der Waals surface area (Å²) in [7, 11) is 1.12. The van der Waals surface area contributed by atoms with Gasteiger partial charge >= 0.3 is 5.97 Å². The maximum atomic E-state index is 12.6. The summed E-state index contributed by atoms with van der Waals surface area (Å²) < 4.78 is 29.9. The predicted octanol–water partition coefficient (Wildman–Crippen LogP) is 3.31. The molecule has 0 aliphatic heterocycles. The molecule has 0 spiro atoms. The van der Waals surface area contributed by atoms with Crippen LogP contribution in [0.25, 0.3) is 0 Å². The summed E-state index contributed by atoms with van der Waals surface area (Å²) in [6.07, 6.45) is -1.87. The quantitative estimate of drug-likeness (QED) is 0.635.